The zero-order chi connectivity index (χ0) is 37.8. The monoisotopic (exact) mass is 725 g/mol. The number of fused-ring (bicyclic) bond motifs is 7. The van der Waals surface area contributed by atoms with Crippen LogP contribution in [-0.2, 0) is 23.7 Å². The van der Waals surface area contributed by atoms with Gasteiger partial charge in [-0.3, -0.25) is 0 Å². The quantitative estimate of drug-likeness (QED) is 0.202. The molecule has 2 heterocycles. The molecule has 7 rings (SSSR count). The van der Waals surface area contributed by atoms with Crippen LogP contribution in [0.15, 0.2) is 0 Å². The minimum atomic E-state index is -0.369. The average Bonchev–Trinajstić information content (AvgIpc) is 3.10. The molecule has 0 N–H and O–H groups in total. The molecule has 7 aliphatic rings. The SMILES string of the molecule is CCC1O[C@@H](OC2[C@H](O[C@H]3CCC4(C)C5CCC6C7CC(C)(C)CC[C@]7(C=O)CCC6(C)C5(C)CC[C@H]4C3C)OC(C)[C@H](C)[C@@H]2C)C(C)[C@@H](C)[C@H]1C. The van der Waals surface area contributed by atoms with Crippen molar-refractivity contribution in [3.8, 4) is 0 Å². The Morgan fingerprint density at radius 1 is 0.615 bits per heavy atom. The van der Waals surface area contributed by atoms with Gasteiger partial charge in [0.25, 0.3) is 0 Å². The van der Waals surface area contributed by atoms with Gasteiger partial charge in [-0.05, 0) is 159 Å². The largest absolute Gasteiger partial charge is 0.349 e. The van der Waals surface area contributed by atoms with E-state index in [1.165, 1.54) is 57.7 Å². The molecule has 0 aromatic rings. The molecule has 0 radical (unpaired) electrons. The summed E-state index contributed by atoms with van der Waals surface area (Å²) in [5.74, 6) is 5.19. The Bertz CT molecular complexity index is 1300. The molecule has 0 aromatic carbocycles. The summed E-state index contributed by atoms with van der Waals surface area (Å²) < 4.78 is 27.8. The molecule has 0 bridgehead atoms. The van der Waals surface area contributed by atoms with Crippen molar-refractivity contribution >= 4 is 6.29 Å². The number of hydrogen-bond acceptors (Lipinski definition) is 5. The highest BCUT2D eigenvalue weighted by Crippen LogP contribution is 2.76. The first-order valence-electron chi connectivity index (χ1n) is 22.4. The smallest absolute Gasteiger partial charge is 0.184 e. The minimum absolute atomic E-state index is 0.0704. The first-order valence-corrected chi connectivity index (χ1v) is 22.4. The Morgan fingerprint density at radius 2 is 1.33 bits per heavy atom. The van der Waals surface area contributed by atoms with Crippen molar-refractivity contribution in [1.82, 2.24) is 0 Å². The van der Waals surface area contributed by atoms with Crippen LogP contribution in [0.1, 0.15) is 167 Å². The summed E-state index contributed by atoms with van der Waals surface area (Å²) in [5, 5.41) is 0. The molecule has 20 atom stereocenters. The third-order valence-electron chi connectivity index (χ3n) is 19.8. The maximum absolute atomic E-state index is 12.9. The molecule has 2 saturated heterocycles. The Labute approximate surface area is 319 Å². The van der Waals surface area contributed by atoms with Crippen molar-refractivity contribution in [1.29, 1.82) is 0 Å². The second kappa shape index (κ2) is 13.9. The van der Waals surface area contributed by atoms with Crippen LogP contribution in [0.4, 0.5) is 0 Å². The molecule has 2 aliphatic heterocycles. The molecule has 7 fully saturated rings. The fourth-order valence-corrected chi connectivity index (χ4v) is 15.2. The number of aldehydes is 1. The molecule has 11 unspecified atom stereocenters. The van der Waals surface area contributed by atoms with E-state index in [1.54, 1.807) is 0 Å². The third-order valence-corrected chi connectivity index (χ3v) is 19.8. The fourth-order valence-electron chi connectivity index (χ4n) is 15.2. The van der Waals surface area contributed by atoms with Gasteiger partial charge < -0.3 is 23.7 Å². The summed E-state index contributed by atoms with van der Waals surface area (Å²) in [4.78, 5) is 12.9. The molecule has 52 heavy (non-hydrogen) atoms. The van der Waals surface area contributed by atoms with Crippen LogP contribution in [0.3, 0.4) is 0 Å². The van der Waals surface area contributed by atoms with Gasteiger partial charge in [0.2, 0.25) is 0 Å². The molecular formula is C47H80O5. The van der Waals surface area contributed by atoms with Crippen LogP contribution >= 0.6 is 0 Å². The summed E-state index contributed by atoms with van der Waals surface area (Å²) in [6.45, 7) is 31.7. The number of rotatable bonds is 6. The first kappa shape index (κ1) is 39.7. The summed E-state index contributed by atoms with van der Waals surface area (Å²) in [6, 6.07) is 0. The zero-order valence-corrected chi connectivity index (χ0v) is 35.8. The highest BCUT2D eigenvalue weighted by molar-refractivity contribution is 5.61. The standard InChI is InChI=1S/C47H80O5/c1-14-37-29(4)27(2)31(6)41(50-37)52-40-30(5)28(3)33(8)49-42(40)51-38-18-19-44(11)34(32(38)7)17-20-46(13)39(44)16-15-35-36-25-43(9,10)21-23-47(36,26-48)24-22-45(35,46)12/h26-42H,14-25H2,1-13H3/t27-,28+,29+,30-,31?,32?,33?,34-,35?,36?,37?,38-,39?,40?,41-,42-,44?,45?,46?,47+/m0/s1. The lowest BCUT2D eigenvalue weighted by Crippen LogP contribution is -2.66. The molecule has 298 valence electrons. The van der Waals surface area contributed by atoms with Crippen LogP contribution < -0.4 is 0 Å². The number of carbonyl (C=O) groups excluding carboxylic acids is 1. The van der Waals surface area contributed by atoms with Gasteiger partial charge in [0.1, 0.15) is 12.4 Å². The number of hydrogen-bond donors (Lipinski definition) is 0. The summed E-state index contributed by atoms with van der Waals surface area (Å²) in [7, 11) is 0. The van der Waals surface area contributed by atoms with E-state index in [0.717, 1.165) is 31.6 Å². The van der Waals surface area contributed by atoms with Crippen LogP contribution in [0.5, 0.6) is 0 Å². The van der Waals surface area contributed by atoms with Crippen molar-refractivity contribution < 1.29 is 23.7 Å². The molecule has 0 spiro atoms. The van der Waals surface area contributed by atoms with Gasteiger partial charge in [-0.25, -0.2) is 0 Å². The molecule has 5 saturated carbocycles. The lowest BCUT2D eigenvalue weighted by Gasteiger charge is -2.72. The van der Waals surface area contributed by atoms with Gasteiger partial charge >= 0.3 is 0 Å². The van der Waals surface area contributed by atoms with E-state index in [2.05, 4.69) is 90.0 Å². The Kier molecular flexibility index (Phi) is 10.6. The topological polar surface area (TPSA) is 54.0 Å². The van der Waals surface area contributed by atoms with Crippen molar-refractivity contribution in [2.75, 3.05) is 0 Å². The van der Waals surface area contributed by atoms with Crippen molar-refractivity contribution in [3.63, 3.8) is 0 Å². The van der Waals surface area contributed by atoms with Crippen LogP contribution in [0.25, 0.3) is 0 Å². The summed E-state index contributed by atoms with van der Waals surface area (Å²) in [5.41, 5.74) is 1.22. The van der Waals surface area contributed by atoms with E-state index >= 15 is 0 Å². The minimum Gasteiger partial charge on any atom is -0.349 e. The summed E-state index contributed by atoms with van der Waals surface area (Å²) >= 11 is 0. The number of carbonyl (C=O) groups is 1. The molecule has 5 aliphatic carbocycles. The Hall–Kier alpha value is -0.490. The van der Waals surface area contributed by atoms with Crippen LogP contribution in [0.2, 0.25) is 0 Å². The lowest BCUT2D eigenvalue weighted by molar-refractivity contribution is -0.348. The van der Waals surface area contributed by atoms with Gasteiger partial charge in [-0.1, -0.05) is 83.1 Å². The van der Waals surface area contributed by atoms with Crippen molar-refractivity contribution in [3.05, 3.63) is 0 Å². The van der Waals surface area contributed by atoms with Crippen molar-refractivity contribution in [2.24, 2.45) is 86.3 Å². The highest BCUT2D eigenvalue weighted by Gasteiger charge is 2.69. The zero-order valence-electron chi connectivity index (χ0n) is 35.8. The second-order valence-corrected chi connectivity index (χ2v) is 22.2. The molecular weight excluding hydrogens is 645 g/mol. The van der Waals surface area contributed by atoms with Gasteiger partial charge in [0, 0.05) is 11.3 Å². The maximum atomic E-state index is 12.9. The predicted octanol–water partition coefficient (Wildman–Crippen LogP) is 11.5. The fraction of sp³-hybridized carbons (Fsp3) is 0.979. The Morgan fingerprint density at radius 3 is 2.02 bits per heavy atom. The van der Waals surface area contributed by atoms with E-state index in [4.69, 9.17) is 18.9 Å². The molecule has 0 amide bonds. The van der Waals surface area contributed by atoms with Crippen LogP contribution in [-0.4, -0.2) is 43.3 Å². The first-order chi connectivity index (χ1) is 24.4. The molecule has 5 nitrogen and oxygen atoms in total. The van der Waals surface area contributed by atoms with Crippen LogP contribution in [0, 0.1) is 86.3 Å². The van der Waals surface area contributed by atoms with E-state index in [1.807, 2.05) is 0 Å². The van der Waals surface area contributed by atoms with Crippen molar-refractivity contribution in [2.45, 2.75) is 204 Å². The van der Waals surface area contributed by atoms with Gasteiger partial charge in [-0.15, -0.1) is 0 Å². The molecule has 0 aromatic heterocycles. The van der Waals surface area contributed by atoms with Gasteiger partial charge in [0.05, 0.1) is 18.3 Å². The summed E-state index contributed by atoms with van der Waals surface area (Å²) in [6.07, 6.45) is 15.7. The molecule has 5 heteroatoms. The predicted molar refractivity (Wildman–Crippen MR) is 209 cm³/mol. The Balaban J connectivity index is 1.09. The van der Waals surface area contributed by atoms with Gasteiger partial charge in [0.15, 0.2) is 12.6 Å². The normalized spacial score (nSPS) is 57.5. The second-order valence-electron chi connectivity index (χ2n) is 22.2. The maximum Gasteiger partial charge on any atom is 0.184 e. The number of ether oxygens (including phenoxy) is 4. The lowest BCUT2D eigenvalue weighted by atomic mass is 9.32. The van der Waals surface area contributed by atoms with E-state index in [-0.39, 0.29) is 42.4 Å². The van der Waals surface area contributed by atoms with E-state index in [9.17, 15) is 4.79 Å². The average molecular weight is 725 g/mol. The third kappa shape index (κ3) is 5.99. The highest BCUT2D eigenvalue weighted by atomic mass is 16.7. The van der Waals surface area contributed by atoms with E-state index in [0.29, 0.717) is 74.9 Å². The van der Waals surface area contributed by atoms with E-state index < -0.39 is 0 Å². The van der Waals surface area contributed by atoms with Gasteiger partial charge in [-0.2, -0.15) is 0 Å².